The van der Waals surface area contributed by atoms with Gasteiger partial charge in [-0.25, -0.2) is 0 Å². The Kier molecular flexibility index (Phi) is 3.66. The highest BCUT2D eigenvalue weighted by molar-refractivity contribution is 9.10. The monoisotopic (exact) mass is 418 g/mol. The van der Waals surface area contributed by atoms with Crippen LogP contribution in [0.2, 0.25) is 0 Å². The van der Waals surface area contributed by atoms with E-state index in [0.717, 1.165) is 27.5 Å². The molecule has 1 nitrogen and oxygen atoms in total. The Morgan fingerprint density at radius 1 is 0.864 bits per heavy atom. The zero-order valence-electron chi connectivity index (χ0n) is 12.1. The molecule has 22 heavy (non-hydrogen) atoms. The second-order valence-electron chi connectivity index (χ2n) is 6.05. The minimum atomic E-state index is -0.151. The van der Waals surface area contributed by atoms with E-state index in [2.05, 4.69) is 80.4 Å². The molecule has 0 saturated heterocycles. The standard InChI is InChI=1S/C19H16Br2O/c20-15-6-3-13(4-7-15)17-11-14-5-8-16(21)12-18(14)22-19(17)9-1-2-10-19/h3-8,11-12H,1-2,9-10H2. The fraction of sp³-hybridized carbons (Fsp3) is 0.263. The van der Waals surface area contributed by atoms with Crippen LogP contribution in [0, 0.1) is 0 Å². The average molecular weight is 420 g/mol. The van der Waals surface area contributed by atoms with Crippen LogP contribution in [0.25, 0.3) is 11.6 Å². The van der Waals surface area contributed by atoms with Crippen LogP contribution < -0.4 is 4.74 Å². The molecule has 0 N–H and O–H groups in total. The summed E-state index contributed by atoms with van der Waals surface area (Å²) in [7, 11) is 0. The quantitative estimate of drug-likeness (QED) is 0.515. The molecular weight excluding hydrogens is 404 g/mol. The molecule has 1 fully saturated rings. The molecule has 0 bridgehead atoms. The van der Waals surface area contributed by atoms with Gasteiger partial charge in [0.2, 0.25) is 0 Å². The van der Waals surface area contributed by atoms with Gasteiger partial charge in [0.1, 0.15) is 11.4 Å². The van der Waals surface area contributed by atoms with Crippen LogP contribution in [0.1, 0.15) is 36.8 Å². The van der Waals surface area contributed by atoms with Gasteiger partial charge in [0, 0.05) is 20.1 Å². The second-order valence-corrected chi connectivity index (χ2v) is 7.88. The summed E-state index contributed by atoms with van der Waals surface area (Å²) < 4.78 is 8.73. The predicted molar refractivity (Wildman–Crippen MR) is 98.0 cm³/mol. The maximum atomic E-state index is 6.55. The van der Waals surface area contributed by atoms with Crippen molar-refractivity contribution in [3.63, 3.8) is 0 Å². The van der Waals surface area contributed by atoms with Crippen LogP contribution in [0.5, 0.6) is 5.75 Å². The summed E-state index contributed by atoms with van der Waals surface area (Å²) in [4.78, 5) is 0. The number of halogens is 2. The molecule has 1 spiro atoms. The van der Waals surface area contributed by atoms with Crippen molar-refractivity contribution < 1.29 is 4.74 Å². The molecule has 2 aromatic carbocycles. The Hall–Kier alpha value is -1.06. The van der Waals surface area contributed by atoms with E-state index in [-0.39, 0.29) is 5.60 Å². The van der Waals surface area contributed by atoms with Gasteiger partial charge < -0.3 is 4.74 Å². The zero-order chi connectivity index (χ0) is 15.2. The third-order valence-corrected chi connectivity index (χ3v) is 5.66. The van der Waals surface area contributed by atoms with Crippen molar-refractivity contribution in [2.75, 3.05) is 0 Å². The Morgan fingerprint density at radius 2 is 1.55 bits per heavy atom. The van der Waals surface area contributed by atoms with Crippen LogP contribution in [0.3, 0.4) is 0 Å². The molecule has 2 aliphatic rings. The zero-order valence-corrected chi connectivity index (χ0v) is 15.3. The molecule has 1 saturated carbocycles. The highest BCUT2D eigenvalue weighted by Gasteiger charge is 2.42. The Balaban J connectivity index is 1.87. The van der Waals surface area contributed by atoms with Crippen molar-refractivity contribution in [3.05, 3.63) is 62.5 Å². The largest absolute Gasteiger partial charge is 0.482 e. The van der Waals surface area contributed by atoms with Gasteiger partial charge >= 0.3 is 0 Å². The highest BCUT2D eigenvalue weighted by Crippen LogP contribution is 2.49. The lowest BCUT2D eigenvalue weighted by molar-refractivity contribution is 0.136. The van der Waals surface area contributed by atoms with E-state index < -0.39 is 0 Å². The van der Waals surface area contributed by atoms with E-state index in [4.69, 9.17) is 4.74 Å². The van der Waals surface area contributed by atoms with Crippen LogP contribution in [0.15, 0.2) is 51.4 Å². The normalized spacial score (nSPS) is 18.7. The summed E-state index contributed by atoms with van der Waals surface area (Å²) in [6.45, 7) is 0. The van der Waals surface area contributed by atoms with Crippen LogP contribution in [-0.4, -0.2) is 5.60 Å². The van der Waals surface area contributed by atoms with Crippen molar-refractivity contribution in [1.82, 2.24) is 0 Å². The SMILES string of the molecule is Brc1ccc(C2=Cc3ccc(Br)cc3OC23CCCC3)cc1. The second kappa shape index (κ2) is 5.54. The Labute approximate surface area is 147 Å². The maximum absolute atomic E-state index is 6.55. The molecule has 3 heteroatoms. The van der Waals surface area contributed by atoms with Gasteiger partial charge in [-0.2, -0.15) is 0 Å². The fourth-order valence-corrected chi connectivity index (χ4v) is 4.17. The minimum absolute atomic E-state index is 0.151. The predicted octanol–water partition coefficient (Wildman–Crippen LogP) is 6.46. The Morgan fingerprint density at radius 3 is 2.27 bits per heavy atom. The van der Waals surface area contributed by atoms with E-state index in [1.807, 2.05) is 0 Å². The summed E-state index contributed by atoms with van der Waals surface area (Å²) >= 11 is 7.07. The number of rotatable bonds is 1. The van der Waals surface area contributed by atoms with Crippen molar-refractivity contribution in [3.8, 4) is 5.75 Å². The van der Waals surface area contributed by atoms with E-state index in [1.165, 1.54) is 29.5 Å². The molecular formula is C19H16Br2O. The first-order valence-corrected chi connectivity index (χ1v) is 9.22. The molecule has 0 amide bonds. The molecule has 0 aromatic heterocycles. The number of ether oxygens (including phenoxy) is 1. The lowest BCUT2D eigenvalue weighted by atomic mass is 9.83. The summed E-state index contributed by atoms with van der Waals surface area (Å²) in [5.41, 5.74) is 3.60. The van der Waals surface area contributed by atoms with Gasteiger partial charge in [0.05, 0.1) is 0 Å². The molecule has 1 aliphatic carbocycles. The van der Waals surface area contributed by atoms with Crippen molar-refractivity contribution >= 4 is 43.5 Å². The molecule has 0 unspecified atom stereocenters. The lowest BCUT2D eigenvalue weighted by Crippen LogP contribution is -2.36. The molecule has 1 aliphatic heterocycles. The van der Waals surface area contributed by atoms with Crippen molar-refractivity contribution in [1.29, 1.82) is 0 Å². The molecule has 0 atom stereocenters. The van der Waals surface area contributed by atoms with Gasteiger partial charge in [-0.1, -0.05) is 50.1 Å². The van der Waals surface area contributed by atoms with Crippen LogP contribution in [-0.2, 0) is 0 Å². The van der Waals surface area contributed by atoms with Gasteiger partial charge in [0.25, 0.3) is 0 Å². The highest BCUT2D eigenvalue weighted by atomic mass is 79.9. The van der Waals surface area contributed by atoms with E-state index in [1.54, 1.807) is 0 Å². The van der Waals surface area contributed by atoms with Gasteiger partial charge in [-0.15, -0.1) is 0 Å². The summed E-state index contributed by atoms with van der Waals surface area (Å²) in [5, 5.41) is 0. The smallest absolute Gasteiger partial charge is 0.135 e. The summed E-state index contributed by atoms with van der Waals surface area (Å²) in [6, 6.07) is 14.9. The summed E-state index contributed by atoms with van der Waals surface area (Å²) in [5.74, 6) is 0.997. The summed E-state index contributed by atoms with van der Waals surface area (Å²) in [6.07, 6.45) is 6.98. The topological polar surface area (TPSA) is 9.23 Å². The molecule has 4 rings (SSSR count). The minimum Gasteiger partial charge on any atom is -0.482 e. The first-order valence-electron chi connectivity index (χ1n) is 7.63. The van der Waals surface area contributed by atoms with Gasteiger partial charge in [-0.05, 0) is 61.6 Å². The number of benzene rings is 2. The molecule has 2 aromatic rings. The fourth-order valence-electron chi connectivity index (χ4n) is 3.56. The van der Waals surface area contributed by atoms with Crippen LogP contribution >= 0.6 is 31.9 Å². The number of fused-ring (bicyclic) bond motifs is 1. The number of hydrogen-bond donors (Lipinski definition) is 0. The van der Waals surface area contributed by atoms with Gasteiger partial charge in [-0.3, -0.25) is 0 Å². The maximum Gasteiger partial charge on any atom is 0.135 e. The third-order valence-electron chi connectivity index (χ3n) is 4.64. The van der Waals surface area contributed by atoms with Crippen molar-refractivity contribution in [2.24, 2.45) is 0 Å². The third kappa shape index (κ3) is 2.44. The first kappa shape index (κ1) is 14.5. The molecule has 1 heterocycles. The lowest BCUT2D eigenvalue weighted by Gasteiger charge is -2.37. The Bertz CT molecular complexity index is 741. The number of hydrogen-bond acceptors (Lipinski definition) is 1. The van der Waals surface area contributed by atoms with E-state index in [9.17, 15) is 0 Å². The molecule has 112 valence electrons. The average Bonchev–Trinajstić information content (AvgIpc) is 2.96. The van der Waals surface area contributed by atoms with E-state index in [0.29, 0.717) is 0 Å². The van der Waals surface area contributed by atoms with E-state index >= 15 is 0 Å². The van der Waals surface area contributed by atoms with Crippen LogP contribution in [0.4, 0.5) is 0 Å². The first-order chi connectivity index (χ1) is 10.7. The van der Waals surface area contributed by atoms with Crippen molar-refractivity contribution in [2.45, 2.75) is 31.3 Å². The molecule has 0 radical (unpaired) electrons. The van der Waals surface area contributed by atoms with Gasteiger partial charge in [0.15, 0.2) is 0 Å².